The number of hydrogen-bond donors (Lipinski definition) is 1. The molecule has 1 aliphatic rings. The molecule has 9 heteroatoms. The van der Waals surface area contributed by atoms with Gasteiger partial charge in [-0.1, -0.05) is 12.1 Å². The standard InChI is InChI=1S/C18H19N7O2/c1-24-22-17(21-23-24)12-4-6-13(7-5-12)18(27)25-8-2-3-14(10-25)15-9-16(26)20-11-19-15/h4-7,9,11,14H,2-3,8,10H2,1H3,(H,19,20,26)/t14-/m0/s1. The summed E-state index contributed by atoms with van der Waals surface area (Å²) in [6.07, 6.45) is 3.21. The number of amides is 1. The van der Waals surface area contributed by atoms with Gasteiger partial charge in [0.15, 0.2) is 0 Å². The van der Waals surface area contributed by atoms with E-state index in [1.807, 2.05) is 17.0 Å². The largest absolute Gasteiger partial charge is 0.338 e. The quantitative estimate of drug-likeness (QED) is 0.741. The van der Waals surface area contributed by atoms with Gasteiger partial charge in [-0.05, 0) is 30.2 Å². The van der Waals surface area contributed by atoms with Crippen molar-refractivity contribution >= 4 is 5.91 Å². The third kappa shape index (κ3) is 3.62. The molecule has 1 N–H and O–H groups in total. The molecule has 1 aliphatic heterocycles. The fraction of sp³-hybridized carbons (Fsp3) is 0.333. The second-order valence-electron chi connectivity index (χ2n) is 6.61. The molecule has 4 rings (SSSR count). The highest BCUT2D eigenvalue weighted by Gasteiger charge is 2.26. The SMILES string of the molecule is Cn1nnc(-c2ccc(C(=O)N3CCC[C@H](c4cc(=O)[nH]cn4)C3)cc2)n1. The van der Waals surface area contributed by atoms with E-state index in [1.165, 1.54) is 17.2 Å². The van der Waals surface area contributed by atoms with Crippen molar-refractivity contribution in [2.24, 2.45) is 7.05 Å². The fourth-order valence-corrected chi connectivity index (χ4v) is 3.35. The van der Waals surface area contributed by atoms with Crippen LogP contribution in [0.15, 0.2) is 41.5 Å². The fourth-order valence-electron chi connectivity index (χ4n) is 3.35. The molecule has 138 valence electrons. The second kappa shape index (κ2) is 7.10. The minimum atomic E-state index is -0.170. The van der Waals surface area contributed by atoms with Crippen molar-refractivity contribution in [1.29, 1.82) is 0 Å². The molecule has 0 bridgehead atoms. The molecule has 3 aromatic rings. The van der Waals surface area contributed by atoms with Crippen LogP contribution in [0, 0.1) is 0 Å². The van der Waals surface area contributed by atoms with Crippen molar-refractivity contribution in [1.82, 2.24) is 35.1 Å². The first-order valence-corrected chi connectivity index (χ1v) is 8.78. The lowest BCUT2D eigenvalue weighted by atomic mass is 9.94. The first kappa shape index (κ1) is 17.1. The van der Waals surface area contributed by atoms with Crippen molar-refractivity contribution in [2.75, 3.05) is 13.1 Å². The van der Waals surface area contributed by atoms with Gasteiger partial charge in [0.2, 0.25) is 5.82 Å². The highest BCUT2D eigenvalue weighted by Crippen LogP contribution is 2.26. The molecule has 9 nitrogen and oxygen atoms in total. The van der Waals surface area contributed by atoms with E-state index in [1.54, 1.807) is 19.2 Å². The number of carbonyl (C=O) groups excluding carboxylic acids is 1. The Morgan fingerprint density at radius 3 is 2.78 bits per heavy atom. The van der Waals surface area contributed by atoms with Crippen LogP contribution in [0.25, 0.3) is 11.4 Å². The van der Waals surface area contributed by atoms with Crippen LogP contribution in [-0.2, 0) is 7.05 Å². The number of hydrogen-bond acceptors (Lipinski definition) is 6. The average Bonchev–Trinajstić information content (AvgIpc) is 3.14. The van der Waals surface area contributed by atoms with Crippen LogP contribution in [0.1, 0.15) is 34.8 Å². The molecule has 27 heavy (non-hydrogen) atoms. The molecule has 0 radical (unpaired) electrons. The molecule has 1 saturated heterocycles. The summed E-state index contributed by atoms with van der Waals surface area (Å²) in [7, 11) is 1.70. The molecule has 1 atom stereocenters. The van der Waals surface area contributed by atoms with Gasteiger partial charge in [-0.2, -0.15) is 4.80 Å². The number of piperidine rings is 1. The Bertz CT molecular complexity index is 1010. The Kier molecular flexibility index (Phi) is 4.49. The maximum Gasteiger partial charge on any atom is 0.253 e. The molecular weight excluding hydrogens is 346 g/mol. The first-order valence-electron chi connectivity index (χ1n) is 8.78. The Balaban J connectivity index is 1.49. The summed E-state index contributed by atoms with van der Waals surface area (Å²) in [5, 5.41) is 11.9. The Morgan fingerprint density at radius 2 is 2.07 bits per heavy atom. The monoisotopic (exact) mass is 365 g/mol. The lowest BCUT2D eigenvalue weighted by Gasteiger charge is -2.32. The van der Waals surface area contributed by atoms with Crippen LogP contribution in [-0.4, -0.2) is 54.1 Å². The molecule has 2 aromatic heterocycles. The van der Waals surface area contributed by atoms with Gasteiger partial charge in [0.1, 0.15) is 0 Å². The van der Waals surface area contributed by atoms with E-state index in [9.17, 15) is 9.59 Å². The smallest absolute Gasteiger partial charge is 0.253 e. The molecule has 1 aromatic carbocycles. The van der Waals surface area contributed by atoms with Crippen molar-refractivity contribution in [3.05, 3.63) is 58.3 Å². The zero-order valence-corrected chi connectivity index (χ0v) is 14.9. The third-order valence-electron chi connectivity index (χ3n) is 4.72. The maximum absolute atomic E-state index is 12.9. The second-order valence-corrected chi connectivity index (χ2v) is 6.61. The average molecular weight is 365 g/mol. The maximum atomic E-state index is 12.9. The van der Waals surface area contributed by atoms with E-state index < -0.39 is 0 Å². The third-order valence-corrected chi connectivity index (χ3v) is 4.72. The predicted molar refractivity (Wildman–Crippen MR) is 97.0 cm³/mol. The predicted octanol–water partition coefficient (Wildman–Crippen LogP) is 0.980. The van der Waals surface area contributed by atoms with Crippen LogP contribution in [0.4, 0.5) is 0 Å². The number of aryl methyl sites for hydroxylation is 1. The number of carbonyl (C=O) groups is 1. The van der Waals surface area contributed by atoms with E-state index in [0.29, 0.717) is 24.5 Å². The highest BCUT2D eigenvalue weighted by atomic mass is 16.2. The molecule has 1 amide bonds. The topological polar surface area (TPSA) is 110 Å². The number of likely N-dealkylation sites (tertiary alicyclic amines) is 1. The molecule has 3 heterocycles. The van der Waals surface area contributed by atoms with E-state index in [4.69, 9.17) is 0 Å². The number of aromatic amines is 1. The Labute approximate surface area is 155 Å². The van der Waals surface area contributed by atoms with Gasteiger partial charge in [-0.15, -0.1) is 10.2 Å². The van der Waals surface area contributed by atoms with Crippen LogP contribution in [0.5, 0.6) is 0 Å². The number of aromatic nitrogens is 6. The molecule has 0 spiro atoms. The van der Waals surface area contributed by atoms with Crippen LogP contribution < -0.4 is 5.56 Å². The van der Waals surface area contributed by atoms with Gasteiger partial charge in [0, 0.05) is 36.2 Å². The normalized spacial score (nSPS) is 17.1. The van der Waals surface area contributed by atoms with E-state index in [2.05, 4.69) is 25.4 Å². The van der Waals surface area contributed by atoms with Gasteiger partial charge in [0.25, 0.3) is 11.5 Å². The van der Waals surface area contributed by atoms with Crippen molar-refractivity contribution in [3.63, 3.8) is 0 Å². The first-order chi connectivity index (χ1) is 13.1. The van der Waals surface area contributed by atoms with Gasteiger partial charge >= 0.3 is 0 Å². The van der Waals surface area contributed by atoms with E-state index >= 15 is 0 Å². The molecule has 0 unspecified atom stereocenters. The lowest BCUT2D eigenvalue weighted by Crippen LogP contribution is -2.39. The summed E-state index contributed by atoms with van der Waals surface area (Å²) in [6.45, 7) is 1.26. The highest BCUT2D eigenvalue weighted by molar-refractivity contribution is 5.94. The van der Waals surface area contributed by atoms with E-state index in [-0.39, 0.29) is 17.4 Å². The lowest BCUT2D eigenvalue weighted by molar-refractivity contribution is 0.0706. The summed E-state index contributed by atoms with van der Waals surface area (Å²) < 4.78 is 0. The van der Waals surface area contributed by atoms with Gasteiger partial charge in [-0.25, -0.2) is 4.98 Å². The van der Waals surface area contributed by atoms with Crippen molar-refractivity contribution in [3.8, 4) is 11.4 Å². The minimum Gasteiger partial charge on any atom is -0.338 e. The Hall–Kier alpha value is -3.36. The molecule has 1 fully saturated rings. The van der Waals surface area contributed by atoms with Gasteiger partial charge in [0.05, 0.1) is 19.1 Å². The number of tetrazole rings is 1. The summed E-state index contributed by atoms with van der Waals surface area (Å²) in [4.78, 5) is 34.4. The number of nitrogens with one attached hydrogen (secondary N) is 1. The van der Waals surface area contributed by atoms with Crippen molar-refractivity contribution < 1.29 is 4.79 Å². The Morgan fingerprint density at radius 1 is 1.26 bits per heavy atom. The van der Waals surface area contributed by atoms with Crippen LogP contribution >= 0.6 is 0 Å². The summed E-state index contributed by atoms with van der Waals surface area (Å²) >= 11 is 0. The molecule has 0 saturated carbocycles. The summed E-state index contributed by atoms with van der Waals surface area (Å²) in [5.41, 5.74) is 1.99. The van der Waals surface area contributed by atoms with Crippen LogP contribution in [0.2, 0.25) is 0 Å². The summed E-state index contributed by atoms with van der Waals surface area (Å²) in [6, 6.07) is 8.72. The minimum absolute atomic E-state index is 0.0248. The summed E-state index contributed by atoms with van der Waals surface area (Å²) in [5.74, 6) is 0.575. The van der Waals surface area contributed by atoms with Crippen molar-refractivity contribution in [2.45, 2.75) is 18.8 Å². The molecule has 0 aliphatic carbocycles. The van der Waals surface area contributed by atoms with Gasteiger partial charge in [-0.3, -0.25) is 9.59 Å². The van der Waals surface area contributed by atoms with Gasteiger partial charge < -0.3 is 9.88 Å². The zero-order chi connectivity index (χ0) is 18.8. The molecular formula is C18H19N7O2. The van der Waals surface area contributed by atoms with E-state index in [0.717, 1.165) is 24.1 Å². The number of nitrogens with zero attached hydrogens (tertiary/aromatic N) is 6. The van der Waals surface area contributed by atoms with Crippen LogP contribution in [0.3, 0.4) is 0 Å². The number of benzene rings is 1. The number of rotatable bonds is 3. The number of H-pyrrole nitrogens is 1. The zero-order valence-electron chi connectivity index (χ0n) is 14.9.